The van der Waals surface area contributed by atoms with E-state index in [2.05, 4.69) is 0 Å². The largest absolute Gasteiger partial charge is 0.281 e. The van der Waals surface area contributed by atoms with E-state index in [1.54, 1.807) is 0 Å². The van der Waals surface area contributed by atoms with Gasteiger partial charge in [0.25, 0.3) is 0 Å². The number of hydrogen-bond acceptors (Lipinski definition) is 3. The van der Waals surface area contributed by atoms with E-state index in [0.717, 1.165) is 0 Å². The molecule has 4 nitrogen and oxygen atoms in total. The number of likely N-dealkylation sites (tertiary alicyclic amines) is 1. The summed E-state index contributed by atoms with van der Waals surface area (Å²) < 4.78 is 0. The van der Waals surface area contributed by atoms with Gasteiger partial charge in [-0.3, -0.25) is 14.5 Å². The summed E-state index contributed by atoms with van der Waals surface area (Å²) in [7, 11) is 0. The minimum atomic E-state index is -0.166. The number of carbonyl (C=O) groups is 2. The van der Waals surface area contributed by atoms with Gasteiger partial charge in [0.1, 0.15) is 0 Å². The molecule has 0 saturated carbocycles. The van der Waals surface area contributed by atoms with Crippen LogP contribution in [0.3, 0.4) is 0 Å². The average molecular weight is 204 g/mol. The molecule has 0 aromatic carbocycles. The number of rotatable bonds is 2. The van der Waals surface area contributed by atoms with Crippen LogP contribution in [0.25, 0.3) is 0 Å². The van der Waals surface area contributed by atoms with E-state index in [1.807, 2.05) is 18.2 Å². The predicted octanol–water partition coefficient (Wildman–Crippen LogP) is 0.851. The summed E-state index contributed by atoms with van der Waals surface area (Å²) >= 11 is 0. The zero-order valence-electron chi connectivity index (χ0n) is 8.35. The molecule has 1 fully saturated rings. The van der Waals surface area contributed by atoms with E-state index < -0.39 is 0 Å². The molecule has 1 saturated heterocycles. The molecule has 0 N–H and O–H groups in total. The van der Waals surface area contributed by atoms with E-state index >= 15 is 0 Å². The molecular weight excluding hydrogens is 192 g/mol. The second kappa shape index (κ2) is 3.85. The van der Waals surface area contributed by atoms with Gasteiger partial charge in [0.2, 0.25) is 11.8 Å². The van der Waals surface area contributed by atoms with Crippen LogP contribution in [0.5, 0.6) is 0 Å². The van der Waals surface area contributed by atoms with Crippen molar-refractivity contribution < 1.29 is 9.59 Å². The Morgan fingerprint density at radius 1 is 1.27 bits per heavy atom. The van der Waals surface area contributed by atoms with E-state index in [-0.39, 0.29) is 36.6 Å². The molecule has 0 spiro atoms. The summed E-state index contributed by atoms with van der Waals surface area (Å²) in [4.78, 5) is 24.9. The van der Waals surface area contributed by atoms with Crippen LogP contribution in [0.4, 0.5) is 0 Å². The average Bonchev–Trinajstić information content (AvgIpc) is 2.51. The lowest BCUT2D eigenvalue weighted by atomic mass is 9.85. The lowest BCUT2D eigenvalue weighted by molar-refractivity contribution is -0.139. The zero-order valence-corrected chi connectivity index (χ0v) is 8.35. The molecule has 0 aromatic rings. The van der Waals surface area contributed by atoms with Crippen LogP contribution in [0.15, 0.2) is 12.2 Å². The second-order valence-corrected chi connectivity index (χ2v) is 3.89. The summed E-state index contributed by atoms with van der Waals surface area (Å²) in [6.07, 6.45) is 5.47. The van der Waals surface area contributed by atoms with Gasteiger partial charge in [-0.15, -0.1) is 0 Å². The van der Waals surface area contributed by atoms with Crippen LogP contribution in [0.1, 0.15) is 19.3 Å². The van der Waals surface area contributed by atoms with Gasteiger partial charge in [-0.1, -0.05) is 12.2 Å². The first-order valence-corrected chi connectivity index (χ1v) is 5.13. The van der Waals surface area contributed by atoms with Crippen molar-refractivity contribution in [2.75, 3.05) is 6.54 Å². The lowest BCUT2D eigenvalue weighted by Gasteiger charge is -2.14. The minimum absolute atomic E-state index is 0.0930. The molecule has 0 bridgehead atoms. The van der Waals surface area contributed by atoms with E-state index in [4.69, 9.17) is 5.26 Å². The third kappa shape index (κ3) is 1.54. The highest BCUT2D eigenvalue weighted by atomic mass is 16.2. The van der Waals surface area contributed by atoms with Gasteiger partial charge in [-0.2, -0.15) is 5.26 Å². The highest BCUT2D eigenvalue weighted by Gasteiger charge is 2.46. The van der Waals surface area contributed by atoms with E-state index in [0.29, 0.717) is 12.8 Å². The normalized spacial score (nSPS) is 29.1. The highest BCUT2D eigenvalue weighted by molar-refractivity contribution is 6.05. The van der Waals surface area contributed by atoms with Crippen molar-refractivity contribution in [2.24, 2.45) is 11.8 Å². The Hall–Kier alpha value is -1.63. The maximum atomic E-state index is 11.8. The van der Waals surface area contributed by atoms with Crippen LogP contribution < -0.4 is 0 Å². The first-order chi connectivity index (χ1) is 7.25. The van der Waals surface area contributed by atoms with E-state index in [9.17, 15) is 9.59 Å². The molecule has 2 unspecified atom stereocenters. The summed E-state index contributed by atoms with van der Waals surface area (Å²) in [5, 5.41) is 8.45. The molecule has 2 amide bonds. The van der Waals surface area contributed by atoms with Crippen molar-refractivity contribution >= 4 is 11.8 Å². The summed E-state index contributed by atoms with van der Waals surface area (Å²) in [5.74, 6) is -0.517. The Morgan fingerprint density at radius 3 is 2.27 bits per heavy atom. The molecule has 4 heteroatoms. The predicted molar refractivity (Wildman–Crippen MR) is 52.3 cm³/mol. The van der Waals surface area contributed by atoms with Crippen molar-refractivity contribution in [2.45, 2.75) is 19.3 Å². The molecule has 0 radical (unpaired) electrons. The number of hydrogen-bond donors (Lipinski definition) is 0. The number of imide groups is 1. The van der Waals surface area contributed by atoms with Gasteiger partial charge in [0.05, 0.1) is 24.3 Å². The topological polar surface area (TPSA) is 61.2 Å². The van der Waals surface area contributed by atoms with Crippen molar-refractivity contribution in [1.29, 1.82) is 5.26 Å². The van der Waals surface area contributed by atoms with Crippen LogP contribution in [0, 0.1) is 23.2 Å². The van der Waals surface area contributed by atoms with Crippen molar-refractivity contribution in [1.82, 2.24) is 4.90 Å². The van der Waals surface area contributed by atoms with Gasteiger partial charge < -0.3 is 0 Å². The van der Waals surface area contributed by atoms with Gasteiger partial charge in [0, 0.05) is 6.54 Å². The number of carbonyl (C=O) groups excluding carboxylic acids is 2. The Morgan fingerprint density at radius 2 is 1.80 bits per heavy atom. The summed E-state index contributed by atoms with van der Waals surface area (Å²) in [6, 6.07) is 1.96. The quantitative estimate of drug-likeness (QED) is 0.495. The number of fused-ring (bicyclic) bond motifs is 1. The fourth-order valence-corrected chi connectivity index (χ4v) is 2.25. The van der Waals surface area contributed by atoms with Crippen molar-refractivity contribution in [3.63, 3.8) is 0 Å². The Balaban J connectivity index is 2.14. The lowest BCUT2D eigenvalue weighted by Crippen LogP contribution is -2.31. The first kappa shape index (κ1) is 9.91. The number of nitriles is 1. The third-order valence-corrected chi connectivity index (χ3v) is 3.05. The Labute approximate surface area is 88.2 Å². The third-order valence-electron chi connectivity index (χ3n) is 3.05. The molecular formula is C11H12N2O2. The molecule has 78 valence electrons. The zero-order chi connectivity index (χ0) is 10.8. The molecule has 1 aliphatic heterocycles. The highest BCUT2D eigenvalue weighted by Crippen LogP contribution is 2.34. The maximum Gasteiger partial charge on any atom is 0.233 e. The Kier molecular flexibility index (Phi) is 2.55. The second-order valence-electron chi connectivity index (χ2n) is 3.89. The fourth-order valence-electron chi connectivity index (χ4n) is 2.25. The molecule has 2 rings (SSSR count). The van der Waals surface area contributed by atoms with Crippen LogP contribution >= 0.6 is 0 Å². The van der Waals surface area contributed by atoms with Gasteiger partial charge in [-0.25, -0.2) is 0 Å². The van der Waals surface area contributed by atoms with Crippen LogP contribution in [-0.4, -0.2) is 23.3 Å². The maximum absolute atomic E-state index is 11.8. The minimum Gasteiger partial charge on any atom is -0.281 e. The number of amides is 2. The van der Waals surface area contributed by atoms with Gasteiger partial charge >= 0.3 is 0 Å². The molecule has 1 aliphatic carbocycles. The van der Waals surface area contributed by atoms with Gasteiger partial charge in [0.15, 0.2) is 0 Å². The number of allylic oxidation sites excluding steroid dienone is 2. The molecule has 0 aromatic heterocycles. The summed E-state index contributed by atoms with van der Waals surface area (Å²) in [5.41, 5.74) is 0. The Bertz CT molecular complexity index is 341. The van der Waals surface area contributed by atoms with Crippen LogP contribution in [0.2, 0.25) is 0 Å². The SMILES string of the molecule is N#CCCN1C(=O)C2CC=CCC2C1=O. The fraction of sp³-hybridized carbons (Fsp3) is 0.545. The smallest absolute Gasteiger partial charge is 0.233 e. The summed E-state index contributed by atoms with van der Waals surface area (Å²) in [6.45, 7) is 0.251. The molecule has 15 heavy (non-hydrogen) atoms. The molecule has 1 heterocycles. The monoisotopic (exact) mass is 204 g/mol. The molecule has 2 aliphatic rings. The first-order valence-electron chi connectivity index (χ1n) is 5.13. The molecule has 2 atom stereocenters. The van der Waals surface area contributed by atoms with Crippen molar-refractivity contribution in [3.05, 3.63) is 12.2 Å². The van der Waals surface area contributed by atoms with Crippen molar-refractivity contribution in [3.8, 4) is 6.07 Å². The standard InChI is InChI=1S/C11H12N2O2/c12-6-3-7-13-10(14)8-4-1-2-5-9(8)11(13)15/h1-2,8-9H,3-5,7H2. The van der Waals surface area contributed by atoms with Crippen LogP contribution in [-0.2, 0) is 9.59 Å². The number of nitrogens with zero attached hydrogens (tertiary/aromatic N) is 2. The van der Waals surface area contributed by atoms with E-state index in [1.165, 1.54) is 4.90 Å². The van der Waals surface area contributed by atoms with Gasteiger partial charge in [-0.05, 0) is 12.8 Å².